The molecule has 0 bridgehead atoms. The minimum absolute atomic E-state index is 0.0196. The Kier molecular flexibility index (Phi) is 46.6. The summed E-state index contributed by atoms with van der Waals surface area (Å²) in [5.74, 6) is -0.0684. The highest BCUT2D eigenvalue weighted by molar-refractivity contribution is 5.76. The summed E-state index contributed by atoms with van der Waals surface area (Å²) in [5.41, 5.74) is 0. The van der Waals surface area contributed by atoms with Crippen molar-refractivity contribution in [3.8, 4) is 0 Å². The highest BCUT2D eigenvalue weighted by Gasteiger charge is 2.20. The first-order chi connectivity index (χ1) is 28.5. The van der Waals surface area contributed by atoms with Gasteiger partial charge in [0.2, 0.25) is 5.91 Å². The number of aliphatic hydroxyl groups excluding tert-OH is 2. The Balaban J connectivity index is 3.46. The highest BCUT2D eigenvalue weighted by Crippen LogP contribution is 2.16. The summed E-state index contributed by atoms with van der Waals surface area (Å²) in [6.07, 6.45) is 55.6. The average molecular weight is 818 g/mol. The van der Waals surface area contributed by atoms with Crippen LogP contribution >= 0.6 is 0 Å². The number of esters is 1. The lowest BCUT2D eigenvalue weighted by Gasteiger charge is -2.22. The van der Waals surface area contributed by atoms with Gasteiger partial charge in [-0.25, -0.2) is 0 Å². The number of hydrogen-bond acceptors (Lipinski definition) is 5. The van der Waals surface area contributed by atoms with Gasteiger partial charge in [-0.3, -0.25) is 9.59 Å². The molecule has 58 heavy (non-hydrogen) atoms. The lowest BCUT2D eigenvalue weighted by molar-refractivity contribution is -0.143. The molecule has 0 aliphatic rings. The molecule has 6 heteroatoms. The number of unbranched alkanes of at least 4 members (excludes halogenated alkanes) is 32. The second kappa shape index (κ2) is 48.0. The molecule has 0 heterocycles. The molecule has 2 atom stereocenters. The summed E-state index contributed by atoms with van der Waals surface area (Å²) >= 11 is 0. The lowest BCUT2D eigenvalue weighted by atomic mass is 10.0. The number of carbonyl (C=O) groups excluding carboxylic acids is 2. The number of hydrogen-bond donors (Lipinski definition) is 3. The van der Waals surface area contributed by atoms with Crippen molar-refractivity contribution in [1.29, 1.82) is 0 Å². The van der Waals surface area contributed by atoms with Crippen molar-refractivity contribution in [1.82, 2.24) is 5.32 Å². The van der Waals surface area contributed by atoms with Gasteiger partial charge in [0, 0.05) is 12.8 Å². The third kappa shape index (κ3) is 43.9. The number of aliphatic hydroxyl groups is 2. The standard InChI is InChI=1S/C52H99NO5/c1-3-5-7-9-11-13-15-17-18-22-26-30-34-38-42-46-52(57)58-47-43-39-35-31-27-23-19-21-25-29-33-37-41-45-51(56)53-49(48-54)50(55)44-40-36-32-28-24-20-16-14-12-10-8-6-4-2/h11,13,17-18,49-50,54-55H,3-10,12,14-16,19-48H2,1-2H3,(H,53,56)/b13-11-,18-17-. The summed E-state index contributed by atoms with van der Waals surface area (Å²) < 4.78 is 5.45. The zero-order chi connectivity index (χ0) is 42.3. The minimum atomic E-state index is -0.672. The molecule has 0 aromatic rings. The molecule has 6 nitrogen and oxygen atoms in total. The average Bonchev–Trinajstić information content (AvgIpc) is 3.22. The Morgan fingerprint density at radius 1 is 0.483 bits per heavy atom. The molecule has 0 fully saturated rings. The number of amides is 1. The maximum atomic E-state index is 12.4. The van der Waals surface area contributed by atoms with Gasteiger partial charge in [-0.15, -0.1) is 0 Å². The van der Waals surface area contributed by atoms with Gasteiger partial charge < -0.3 is 20.3 Å². The van der Waals surface area contributed by atoms with Gasteiger partial charge >= 0.3 is 5.97 Å². The maximum Gasteiger partial charge on any atom is 0.305 e. The van der Waals surface area contributed by atoms with E-state index in [2.05, 4.69) is 43.5 Å². The normalized spacial score (nSPS) is 12.8. The number of allylic oxidation sites excluding steroid dienone is 4. The van der Waals surface area contributed by atoms with E-state index in [1.807, 2.05) is 0 Å². The Bertz CT molecular complexity index is 904. The van der Waals surface area contributed by atoms with Crippen LogP contribution in [0.15, 0.2) is 24.3 Å². The van der Waals surface area contributed by atoms with Crippen LogP contribution in [0.2, 0.25) is 0 Å². The van der Waals surface area contributed by atoms with Crippen molar-refractivity contribution in [3.63, 3.8) is 0 Å². The topological polar surface area (TPSA) is 95.9 Å². The second-order valence-electron chi connectivity index (χ2n) is 17.5. The molecule has 0 radical (unpaired) electrons. The van der Waals surface area contributed by atoms with Gasteiger partial charge in [-0.2, -0.15) is 0 Å². The number of ether oxygens (including phenoxy) is 1. The van der Waals surface area contributed by atoms with Crippen LogP contribution in [0.5, 0.6) is 0 Å². The summed E-state index contributed by atoms with van der Waals surface area (Å²) in [5, 5.41) is 23.2. The first kappa shape index (κ1) is 56.3. The quantitative estimate of drug-likeness (QED) is 0.0323. The largest absolute Gasteiger partial charge is 0.466 e. The van der Waals surface area contributed by atoms with Gasteiger partial charge in [0.1, 0.15) is 0 Å². The van der Waals surface area contributed by atoms with Gasteiger partial charge in [0.05, 0.1) is 25.4 Å². The van der Waals surface area contributed by atoms with Crippen LogP contribution in [0, 0.1) is 0 Å². The van der Waals surface area contributed by atoms with E-state index in [-0.39, 0.29) is 18.5 Å². The first-order valence-corrected chi connectivity index (χ1v) is 25.6. The van der Waals surface area contributed by atoms with Crippen molar-refractivity contribution in [2.24, 2.45) is 0 Å². The fraction of sp³-hybridized carbons (Fsp3) is 0.885. The third-order valence-corrected chi connectivity index (χ3v) is 11.8. The van der Waals surface area contributed by atoms with Gasteiger partial charge in [0.15, 0.2) is 0 Å². The van der Waals surface area contributed by atoms with E-state index < -0.39 is 12.1 Å². The fourth-order valence-corrected chi connectivity index (χ4v) is 7.79. The van der Waals surface area contributed by atoms with E-state index >= 15 is 0 Å². The molecular formula is C52H99NO5. The van der Waals surface area contributed by atoms with Crippen molar-refractivity contribution in [2.45, 2.75) is 283 Å². The van der Waals surface area contributed by atoms with Crippen LogP contribution in [-0.2, 0) is 14.3 Å². The van der Waals surface area contributed by atoms with E-state index in [0.29, 0.717) is 25.9 Å². The molecule has 0 saturated carbocycles. The van der Waals surface area contributed by atoms with Crippen molar-refractivity contribution in [3.05, 3.63) is 24.3 Å². The summed E-state index contributed by atoms with van der Waals surface area (Å²) in [7, 11) is 0. The van der Waals surface area contributed by atoms with E-state index in [4.69, 9.17) is 4.74 Å². The Hall–Kier alpha value is -1.66. The molecule has 0 aromatic heterocycles. The van der Waals surface area contributed by atoms with E-state index in [1.54, 1.807) is 0 Å². The van der Waals surface area contributed by atoms with Gasteiger partial charge in [0.25, 0.3) is 0 Å². The van der Waals surface area contributed by atoms with Gasteiger partial charge in [-0.1, -0.05) is 224 Å². The fourth-order valence-electron chi connectivity index (χ4n) is 7.79. The molecule has 342 valence electrons. The number of carbonyl (C=O) groups is 2. The highest BCUT2D eigenvalue weighted by atomic mass is 16.5. The van der Waals surface area contributed by atoms with Crippen LogP contribution in [0.25, 0.3) is 0 Å². The van der Waals surface area contributed by atoms with Gasteiger partial charge in [-0.05, 0) is 57.8 Å². The Labute approximate surface area is 361 Å². The molecule has 0 aliphatic carbocycles. The predicted octanol–water partition coefficient (Wildman–Crippen LogP) is 15.1. The third-order valence-electron chi connectivity index (χ3n) is 11.8. The molecule has 0 saturated heterocycles. The molecule has 0 aromatic carbocycles. The molecule has 0 spiro atoms. The number of rotatable bonds is 47. The second-order valence-corrected chi connectivity index (χ2v) is 17.5. The monoisotopic (exact) mass is 818 g/mol. The van der Waals surface area contributed by atoms with Crippen molar-refractivity contribution >= 4 is 11.9 Å². The van der Waals surface area contributed by atoms with E-state index in [0.717, 1.165) is 57.8 Å². The molecule has 0 rings (SSSR count). The smallest absolute Gasteiger partial charge is 0.305 e. The Morgan fingerprint density at radius 3 is 1.34 bits per heavy atom. The van der Waals surface area contributed by atoms with Crippen LogP contribution in [0.4, 0.5) is 0 Å². The molecule has 0 aliphatic heterocycles. The van der Waals surface area contributed by atoms with E-state index in [1.165, 1.54) is 180 Å². The predicted molar refractivity (Wildman–Crippen MR) is 250 cm³/mol. The lowest BCUT2D eigenvalue weighted by Crippen LogP contribution is -2.45. The van der Waals surface area contributed by atoms with Crippen LogP contribution in [0.1, 0.15) is 271 Å². The molecule has 2 unspecified atom stereocenters. The van der Waals surface area contributed by atoms with Crippen LogP contribution < -0.4 is 5.32 Å². The van der Waals surface area contributed by atoms with E-state index in [9.17, 15) is 19.8 Å². The minimum Gasteiger partial charge on any atom is -0.466 e. The summed E-state index contributed by atoms with van der Waals surface area (Å²) in [4.78, 5) is 24.5. The number of nitrogens with one attached hydrogen (secondary N) is 1. The molecule has 3 N–H and O–H groups in total. The van der Waals surface area contributed by atoms with Crippen LogP contribution in [-0.4, -0.2) is 47.4 Å². The zero-order valence-electron chi connectivity index (χ0n) is 38.8. The summed E-state index contributed by atoms with van der Waals surface area (Å²) in [6, 6.07) is -0.551. The molecular weight excluding hydrogens is 719 g/mol. The summed E-state index contributed by atoms with van der Waals surface area (Å²) in [6.45, 7) is 4.89. The van der Waals surface area contributed by atoms with Crippen molar-refractivity contribution < 1.29 is 24.5 Å². The van der Waals surface area contributed by atoms with Crippen LogP contribution in [0.3, 0.4) is 0 Å². The SMILES string of the molecule is CCCCC/C=C\C/C=C\CCCCCCCC(=O)OCCCCCCCCCCCCCCCC(=O)NC(CO)C(O)CCCCCCCCCCCCCCC. The van der Waals surface area contributed by atoms with Crippen molar-refractivity contribution in [2.75, 3.05) is 13.2 Å². The zero-order valence-corrected chi connectivity index (χ0v) is 38.8. The molecule has 1 amide bonds. The first-order valence-electron chi connectivity index (χ1n) is 25.6. The Morgan fingerprint density at radius 2 is 0.862 bits per heavy atom. The maximum absolute atomic E-state index is 12.4.